The number of thiol groups is 1. The largest absolute Gasteiger partial charge is 0.465 e. The molecule has 86 valence electrons. The van der Waals surface area contributed by atoms with Crippen molar-refractivity contribution >= 4 is 18.6 Å². The SMILES string of the molecule is O=C(CC1(CS)CC1)OCC1CCOC1. The van der Waals surface area contributed by atoms with Gasteiger partial charge in [-0.05, 0) is 30.4 Å². The molecule has 0 radical (unpaired) electrons. The molecule has 3 nitrogen and oxygen atoms in total. The van der Waals surface area contributed by atoms with Crippen molar-refractivity contribution in [2.24, 2.45) is 11.3 Å². The zero-order chi connectivity index (χ0) is 10.7. The van der Waals surface area contributed by atoms with Crippen molar-refractivity contribution in [1.82, 2.24) is 0 Å². The molecular formula is C11H18O3S. The molecule has 2 rings (SSSR count). The van der Waals surface area contributed by atoms with E-state index in [4.69, 9.17) is 9.47 Å². The van der Waals surface area contributed by atoms with Crippen LogP contribution in [0.2, 0.25) is 0 Å². The molecule has 1 saturated carbocycles. The molecule has 0 spiro atoms. The molecule has 15 heavy (non-hydrogen) atoms. The van der Waals surface area contributed by atoms with Crippen molar-refractivity contribution in [3.05, 3.63) is 0 Å². The Morgan fingerprint density at radius 3 is 2.87 bits per heavy atom. The Bertz CT molecular complexity index is 232. The number of esters is 1. The Hall–Kier alpha value is -0.220. The fourth-order valence-electron chi connectivity index (χ4n) is 1.85. The van der Waals surface area contributed by atoms with Crippen molar-refractivity contribution in [2.75, 3.05) is 25.6 Å². The highest BCUT2D eigenvalue weighted by Crippen LogP contribution is 2.49. The first-order chi connectivity index (χ1) is 7.24. The van der Waals surface area contributed by atoms with Crippen LogP contribution in [-0.4, -0.2) is 31.5 Å². The lowest BCUT2D eigenvalue weighted by Gasteiger charge is -2.12. The second-order valence-electron chi connectivity index (χ2n) is 4.75. The Labute approximate surface area is 95.9 Å². The first-order valence-corrected chi connectivity index (χ1v) is 6.22. The highest BCUT2D eigenvalue weighted by Gasteiger charge is 2.43. The van der Waals surface area contributed by atoms with E-state index >= 15 is 0 Å². The lowest BCUT2D eigenvalue weighted by molar-refractivity contribution is -0.146. The van der Waals surface area contributed by atoms with Crippen LogP contribution in [0.4, 0.5) is 0 Å². The van der Waals surface area contributed by atoms with Gasteiger partial charge in [0.1, 0.15) is 0 Å². The van der Waals surface area contributed by atoms with Gasteiger partial charge in [-0.3, -0.25) is 4.79 Å². The summed E-state index contributed by atoms with van der Waals surface area (Å²) in [5, 5.41) is 0. The molecule has 1 atom stereocenters. The van der Waals surface area contributed by atoms with Gasteiger partial charge in [0, 0.05) is 12.5 Å². The van der Waals surface area contributed by atoms with Gasteiger partial charge in [0.25, 0.3) is 0 Å². The van der Waals surface area contributed by atoms with Crippen molar-refractivity contribution in [2.45, 2.75) is 25.7 Å². The maximum absolute atomic E-state index is 11.5. The van der Waals surface area contributed by atoms with Gasteiger partial charge in [0.15, 0.2) is 0 Å². The number of hydrogen-bond donors (Lipinski definition) is 1. The third-order valence-electron chi connectivity index (χ3n) is 3.32. The number of ether oxygens (including phenoxy) is 2. The van der Waals surface area contributed by atoms with Crippen LogP contribution in [0.1, 0.15) is 25.7 Å². The molecule has 0 amide bonds. The molecule has 0 N–H and O–H groups in total. The summed E-state index contributed by atoms with van der Waals surface area (Å²) in [7, 11) is 0. The third-order valence-corrected chi connectivity index (χ3v) is 3.99. The van der Waals surface area contributed by atoms with E-state index in [0.717, 1.165) is 38.2 Å². The molecular weight excluding hydrogens is 212 g/mol. The summed E-state index contributed by atoms with van der Waals surface area (Å²) in [4.78, 5) is 11.5. The lowest BCUT2D eigenvalue weighted by atomic mass is 10.1. The summed E-state index contributed by atoms with van der Waals surface area (Å²) in [5.74, 6) is 1.16. The zero-order valence-corrected chi connectivity index (χ0v) is 9.80. The maximum Gasteiger partial charge on any atom is 0.306 e. The second kappa shape index (κ2) is 4.74. The van der Waals surface area contributed by atoms with Gasteiger partial charge < -0.3 is 9.47 Å². The van der Waals surface area contributed by atoms with Gasteiger partial charge in [0.05, 0.1) is 19.6 Å². The molecule has 0 aromatic carbocycles. The van der Waals surface area contributed by atoms with E-state index in [0.29, 0.717) is 18.9 Å². The summed E-state index contributed by atoms with van der Waals surface area (Å²) < 4.78 is 10.5. The van der Waals surface area contributed by atoms with Gasteiger partial charge in [-0.1, -0.05) is 0 Å². The van der Waals surface area contributed by atoms with Crippen molar-refractivity contribution < 1.29 is 14.3 Å². The minimum absolute atomic E-state index is 0.0616. The predicted molar refractivity (Wildman–Crippen MR) is 60.0 cm³/mol. The van der Waals surface area contributed by atoms with Crippen LogP contribution in [0.15, 0.2) is 0 Å². The molecule has 1 saturated heterocycles. The summed E-state index contributed by atoms with van der Waals surface area (Å²) in [5.41, 5.74) is 0.173. The highest BCUT2D eigenvalue weighted by atomic mass is 32.1. The van der Waals surface area contributed by atoms with Crippen LogP contribution in [0.3, 0.4) is 0 Å². The van der Waals surface area contributed by atoms with E-state index in [9.17, 15) is 4.79 Å². The predicted octanol–water partition coefficient (Wildman–Crippen LogP) is 1.67. The number of carbonyl (C=O) groups excluding carboxylic acids is 1. The molecule has 0 aromatic rings. The van der Waals surface area contributed by atoms with E-state index in [1.807, 2.05) is 0 Å². The minimum Gasteiger partial charge on any atom is -0.465 e. The molecule has 1 heterocycles. The van der Waals surface area contributed by atoms with E-state index < -0.39 is 0 Å². The first-order valence-electron chi connectivity index (χ1n) is 5.58. The van der Waals surface area contributed by atoms with Crippen LogP contribution in [0.25, 0.3) is 0 Å². The average Bonchev–Trinajstić information content (AvgIpc) is 2.80. The molecule has 2 aliphatic rings. The molecule has 0 aromatic heterocycles. The Kier molecular flexibility index (Phi) is 3.57. The van der Waals surface area contributed by atoms with Crippen LogP contribution in [-0.2, 0) is 14.3 Å². The minimum atomic E-state index is -0.0616. The quantitative estimate of drug-likeness (QED) is 0.576. The molecule has 1 aliphatic heterocycles. The van der Waals surface area contributed by atoms with Gasteiger partial charge in [0.2, 0.25) is 0 Å². The first kappa shape index (κ1) is 11.3. The maximum atomic E-state index is 11.5. The van der Waals surface area contributed by atoms with Crippen molar-refractivity contribution in [3.8, 4) is 0 Å². The number of rotatable bonds is 5. The van der Waals surface area contributed by atoms with Gasteiger partial charge >= 0.3 is 5.97 Å². The molecule has 1 unspecified atom stereocenters. The summed E-state index contributed by atoms with van der Waals surface area (Å²) in [6.07, 6.45) is 3.81. The fraction of sp³-hybridized carbons (Fsp3) is 0.909. The average molecular weight is 230 g/mol. The van der Waals surface area contributed by atoms with Gasteiger partial charge in [-0.25, -0.2) is 0 Å². The van der Waals surface area contributed by atoms with Gasteiger partial charge in [-0.2, -0.15) is 12.6 Å². The smallest absolute Gasteiger partial charge is 0.306 e. The lowest BCUT2D eigenvalue weighted by Crippen LogP contribution is -2.18. The second-order valence-corrected chi connectivity index (χ2v) is 5.06. The third kappa shape index (κ3) is 3.11. The summed E-state index contributed by atoms with van der Waals surface area (Å²) in [6.45, 7) is 2.08. The molecule has 0 bridgehead atoms. The van der Waals surface area contributed by atoms with E-state index in [-0.39, 0.29) is 11.4 Å². The Morgan fingerprint density at radius 2 is 2.33 bits per heavy atom. The number of carbonyl (C=O) groups is 1. The standard InChI is InChI=1S/C11H18O3S/c12-10(5-11(8-15)2-3-11)14-7-9-1-4-13-6-9/h9,15H,1-8H2. The van der Waals surface area contributed by atoms with E-state index in [1.54, 1.807) is 0 Å². The Morgan fingerprint density at radius 1 is 1.53 bits per heavy atom. The monoisotopic (exact) mass is 230 g/mol. The highest BCUT2D eigenvalue weighted by molar-refractivity contribution is 7.80. The van der Waals surface area contributed by atoms with Crippen molar-refractivity contribution in [3.63, 3.8) is 0 Å². The zero-order valence-electron chi connectivity index (χ0n) is 8.91. The summed E-state index contributed by atoms with van der Waals surface area (Å²) >= 11 is 4.27. The van der Waals surface area contributed by atoms with Crippen molar-refractivity contribution in [1.29, 1.82) is 0 Å². The fourth-order valence-corrected chi connectivity index (χ4v) is 2.28. The topological polar surface area (TPSA) is 35.5 Å². The molecule has 2 fully saturated rings. The normalized spacial score (nSPS) is 27.7. The molecule has 1 aliphatic carbocycles. The number of hydrogen-bond acceptors (Lipinski definition) is 4. The molecule has 4 heteroatoms. The van der Waals surface area contributed by atoms with E-state index in [2.05, 4.69) is 12.6 Å². The van der Waals surface area contributed by atoms with Crippen LogP contribution >= 0.6 is 12.6 Å². The Balaban J connectivity index is 1.64. The van der Waals surface area contributed by atoms with Crippen LogP contribution in [0, 0.1) is 11.3 Å². The summed E-state index contributed by atoms with van der Waals surface area (Å²) in [6, 6.07) is 0. The van der Waals surface area contributed by atoms with E-state index in [1.165, 1.54) is 0 Å². The van der Waals surface area contributed by atoms with Crippen LogP contribution < -0.4 is 0 Å². The van der Waals surface area contributed by atoms with Gasteiger partial charge in [-0.15, -0.1) is 0 Å². The van der Waals surface area contributed by atoms with Crippen LogP contribution in [0.5, 0.6) is 0 Å².